The molecule has 0 amide bonds. The second kappa shape index (κ2) is 15.0. The van der Waals surface area contributed by atoms with Gasteiger partial charge in [-0.25, -0.2) is 4.98 Å². The molecule has 0 aliphatic carbocycles. The second-order valence-electron chi connectivity index (χ2n) is 20.3. The molecule has 0 N–H and O–H groups in total. The number of hydrogen-bond donors (Lipinski definition) is 0. The van der Waals surface area contributed by atoms with Crippen molar-refractivity contribution >= 4 is 50.2 Å². The SMILES string of the molecule is CC(C)(C)c1ccnc(-n2c3[c-]c(Oc4[c-]c(N5C=CN(c6cc7c8c(c6)C(C)(C)c6cccc9c6N8c6c(cccc6C7(C)C)O9)[CH-]5)ccc4)ccc3c3cc(-c4ccccc4)ccc32)c1.[Pt]. The van der Waals surface area contributed by atoms with Crippen molar-refractivity contribution in [3.63, 3.8) is 0 Å². The Morgan fingerprint density at radius 2 is 1.28 bits per heavy atom. The van der Waals surface area contributed by atoms with Crippen LogP contribution in [0.25, 0.3) is 38.8 Å². The summed E-state index contributed by atoms with van der Waals surface area (Å²) in [5.74, 6) is 3.85. The fraction of sp³-hybridized carbons (Fsp3) is 0.167. The number of pyridine rings is 1. The molecule has 9 aromatic rings. The summed E-state index contributed by atoms with van der Waals surface area (Å²) in [6.07, 6.45) is 6.12. The fourth-order valence-electron chi connectivity index (χ4n) is 10.8. The predicted molar refractivity (Wildman–Crippen MR) is 271 cm³/mol. The van der Waals surface area contributed by atoms with Gasteiger partial charge in [-0.05, 0) is 105 Å². The van der Waals surface area contributed by atoms with Crippen LogP contribution < -0.4 is 24.2 Å². The maximum atomic E-state index is 6.64. The molecule has 13 rings (SSSR count). The summed E-state index contributed by atoms with van der Waals surface area (Å²) in [6.45, 7) is 18.2. The smallest absolute Gasteiger partial charge is 0.151 e. The zero-order valence-electron chi connectivity index (χ0n) is 39.0. The topological polar surface area (TPSA) is 46.0 Å². The van der Waals surface area contributed by atoms with Crippen LogP contribution in [0.2, 0.25) is 0 Å². The van der Waals surface area contributed by atoms with E-state index in [1.54, 1.807) is 0 Å². The largest absolute Gasteiger partial charge is 0.509 e. The van der Waals surface area contributed by atoms with Crippen molar-refractivity contribution in [2.45, 2.75) is 64.7 Å². The van der Waals surface area contributed by atoms with Gasteiger partial charge in [0.1, 0.15) is 5.82 Å². The number of benzene rings is 7. The van der Waals surface area contributed by atoms with Gasteiger partial charge in [-0.2, -0.15) is 12.1 Å². The molecule has 0 unspecified atom stereocenters. The summed E-state index contributed by atoms with van der Waals surface area (Å²) in [6, 6.07) is 56.6. The van der Waals surface area contributed by atoms with E-state index in [0.29, 0.717) is 11.5 Å². The van der Waals surface area contributed by atoms with Crippen LogP contribution in [0, 0.1) is 18.8 Å². The molecule has 4 aliphatic rings. The molecule has 0 radical (unpaired) electrons. The molecule has 7 aromatic carbocycles. The van der Waals surface area contributed by atoms with Crippen LogP contribution in [-0.4, -0.2) is 9.55 Å². The molecule has 6 heterocycles. The van der Waals surface area contributed by atoms with Crippen molar-refractivity contribution < 1.29 is 30.5 Å². The van der Waals surface area contributed by atoms with Gasteiger partial charge in [-0.3, -0.25) is 0 Å². The number of hydrogen-bond acceptors (Lipinski definition) is 6. The molecule has 2 aromatic heterocycles. The molecule has 68 heavy (non-hydrogen) atoms. The van der Waals surface area contributed by atoms with Crippen LogP contribution in [0.3, 0.4) is 0 Å². The summed E-state index contributed by atoms with van der Waals surface area (Å²) in [4.78, 5) is 11.7. The molecule has 0 bridgehead atoms. The third-order valence-corrected chi connectivity index (χ3v) is 14.5. The van der Waals surface area contributed by atoms with Gasteiger partial charge in [0.05, 0.1) is 17.1 Å². The summed E-state index contributed by atoms with van der Waals surface area (Å²) in [5, 5.41) is 2.21. The Hall–Kier alpha value is -7.08. The number of para-hydroxylation sites is 2. The van der Waals surface area contributed by atoms with Crippen molar-refractivity contribution in [2.24, 2.45) is 0 Å². The van der Waals surface area contributed by atoms with Gasteiger partial charge >= 0.3 is 0 Å². The van der Waals surface area contributed by atoms with Crippen molar-refractivity contribution in [2.75, 3.05) is 14.7 Å². The first-order valence-electron chi connectivity index (χ1n) is 23.1. The van der Waals surface area contributed by atoms with Crippen LogP contribution in [0.4, 0.5) is 28.4 Å². The Morgan fingerprint density at radius 1 is 0.603 bits per heavy atom. The van der Waals surface area contributed by atoms with Crippen molar-refractivity contribution in [1.82, 2.24) is 9.55 Å². The minimum atomic E-state index is -0.278. The zero-order valence-corrected chi connectivity index (χ0v) is 41.2. The molecule has 8 heteroatoms. The Labute approximate surface area is 412 Å². The van der Waals surface area contributed by atoms with Crippen molar-refractivity contribution in [3.05, 3.63) is 205 Å². The van der Waals surface area contributed by atoms with Crippen LogP contribution >= 0.6 is 0 Å². The van der Waals surface area contributed by atoms with Crippen LogP contribution in [0.15, 0.2) is 158 Å². The third kappa shape index (κ3) is 6.24. The second-order valence-corrected chi connectivity index (χ2v) is 20.3. The maximum Gasteiger partial charge on any atom is 0.151 e. The normalized spacial score (nSPS) is 15.6. The quantitative estimate of drug-likeness (QED) is 0.155. The Balaban J connectivity index is 0.00000480. The molecule has 338 valence electrons. The summed E-state index contributed by atoms with van der Waals surface area (Å²) < 4.78 is 15.5. The van der Waals surface area contributed by atoms with E-state index < -0.39 is 0 Å². The first-order valence-corrected chi connectivity index (χ1v) is 23.1. The van der Waals surface area contributed by atoms with Crippen LogP contribution in [-0.2, 0) is 37.3 Å². The third-order valence-electron chi connectivity index (χ3n) is 14.5. The van der Waals surface area contributed by atoms with E-state index in [2.05, 4.69) is 220 Å². The summed E-state index contributed by atoms with van der Waals surface area (Å²) in [5.41, 5.74) is 15.6. The number of ether oxygens (including phenoxy) is 2. The van der Waals surface area contributed by atoms with Gasteiger partial charge in [-0.1, -0.05) is 121 Å². The monoisotopic (exact) mass is 1070 g/mol. The average molecular weight is 1070 g/mol. The van der Waals surface area contributed by atoms with Crippen molar-refractivity contribution in [1.29, 1.82) is 0 Å². The molecule has 0 spiro atoms. The first-order chi connectivity index (χ1) is 32.3. The van der Waals surface area contributed by atoms with E-state index in [-0.39, 0.29) is 37.3 Å². The average Bonchev–Trinajstić information content (AvgIpc) is 3.95. The van der Waals surface area contributed by atoms with Gasteiger partial charge in [0, 0.05) is 60.8 Å². The number of aromatic nitrogens is 2. The number of anilines is 5. The first kappa shape index (κ1) is 42.3. The zero-order chi connectivity index (χ0) is 45.6. The van der Waals surface area contributed by atoms with Crippen LogP contribution in [0.1, 0.15) is 76.3 Å². The molecule has 7 nitrogen and oxygen atoms in total. The minimum absolute atomic E-state index is 0. The number of nitrogens with zero attached hydrogens (tertiary/aromatic N) is 5. The van der Waals surface area contributed by atoms with E-state index in [9.17, 15) is 0 Å². The number of rotatable bonds is 6. The van der Waals surface area contributed by atoms with E-state index in [0.717, 1.165) is 67.4 Å². The van der Waals surface area contributed by atoms with Crippen molar-refractivity contribution in [3.8, 4) is 39.9 Å². The maximum absolute atomic E-state index is 6.64. The molecule has 0 saturated heterocycles. The molecular formula is C60H48N5O2Pt-3. The minimum Gasteiger partial charge on any atom is -0.509 e. The molecule has 0 saturated carbocycles. The molecular weight excluding hydrogens is 1020 g/mol. The van der Waals surface area contributed by atoms with Gasteiger partial charge in [0.15, 0.2) is 11.5 Å². The fourth-order valence-corrected chi connectivity index (χ4v) is 10.8. The Morgan fingerprint density at radius 3 is 1.99 bits per heavy atom. The van der Waals surface area contributed by atoms with Gasteiger partial charge in [0.25, 0.3) is 0 Å². The number of fused-ring (bicyclic) bond motifs is 3. The van der Waals surface area contributed by atoms with Gasteiger partial charge in [0.2, 0.25) is 0 Å². The van der Waals surface area contributed by atoms with Crippen LogP contribution in [0.5, 0.6) is 23.0 Å². The summed E-state index contributed by atoms with van der Waals surface area (Å²) in [7, 11) is 0. The molecule has 4 aliphatic heterocycles. The molecule has 0 fully saturated rings. The van der Waals surface area contributed by atoms with Gasteiger partial charge < -0.3 is 28.7 Å². The van der Waals surface area contributed by atoms with E-state index >= 15 is 0 Å². The summed E-state index contributed by atoms with van der Waals surface area (Å²) >= 11 is 0. The van der Waals surface area contributed by atoms with E-state index in [4.69, 9.17) is 14.5 Å². The van der Waals surface area contributed by atoms with E-state index in [1.165, 1.54) is 39.1 Å². The predicted octanol–water partition coefficient (Wildman–Crippen LogP) is 15.3. The van der Waals surface area contributed by atoms with E-state index in [1.807, 2.05) is 24.4 Å². The standard InChI is InChI=1S/C60H48N5O2.Pt/c1-58(2,3)39-26-27-61-54(31-39)64-50-25-22-38(37-14-9-8-10-15-37)30-45(50)44-24-23-43(35-51(44)64)66-42-17-11-16-40(32-42)62-28-29-63(36-62)41-33-48-55-49(34-41)60(6,7)47-19-13-21-53-57(47)65(55)56-46(59(48,4)5)18-12-20-52(56)67-53;/h8-31,33-34,36H,1-7H3;/q-3;. The van der Waals surface area contributed by atoms with Gasteiger partial charge in [-0.15, -0.1) is 48.1 Å². The Bertz CT molecular complexity index is 3500. The molecule has 0 atom stereocenters. The Kier molecular flexibility index (Phi) is 9.30.